The molecule has 0 spiro atoms. The molecule has 1 aromatic heterocycles. The number of rotatable bonds is 9. The fourth-order valence-electron chi connectivity index (χ4n) is 5.48. The number of anilines is 9. The lowest BCUT2D eigenvalue weighted by molar-refractivity contribution is 0.962. The topological polar surface area (TPSA) is 48.4 Å². The zero-order valence-electron chi connectivity index (χ0n) is 26.3. The molecule has 0 saturated carbocycles. The molecule has 7 rings (SSSR count). The van der Waals surface area contributed by atoms with Gasteiger partial charge in [0.25, 0.3) is 0 Å². The summed E-state index contributed by atoms with van der Waals surface area (Å²) < 4.78 is 0. The summed E-state index contributed by atoms with van der Waals surface area (Å²) in [7, 11) is 0. The summed E-state index contributed by atoms with van der Waals surface area (Å²) in [5, 5.41) is 0. The Labute approximate surface area is 275 Å². The number of aromatic nitrogens is 3. The van der Waals surface area contributed by atoms with Crippen molar-refractivity contribution < 1.29 is 0 Å². The summed E-state index contributed by atoms with van der Waals surface area (Å²) in [6.45, 7) is 4.18. The number of benzene rings is 6. The van der Waals surface area contributed by atoms with E-state index in [9.17, 15) is 0 Å². The molecule has 47 heavy (non-hydrogen) atoms. The molecule has 0 bridgehead atoms. The van der Waals surface area contributed by atoms with Crippen LogP contribution in [0.2, 0.25) is 0 Å². The van der Waals surface area contributed by atoms with Gasteiger partial charge in [-0.25, -0.2) is 0 Å². The quantitative estimate of drug-likeness (QED) is 0.162. The molecule has 6 heteroatoms. The van der Waals surface area contributed by atoms with Crippen LogP contribution in [0.25, 0.3) is 0 Å². The van der Waals surface area contributed by atoms with Gasteiger partial charge >= 0.3 is 0 Å². The normalized spacial score (nSPS) is 10.8. The van der Waals surface area contributed by atoms with Crippen LogP contribution in [0.5, 0.6) is 0 Å². The lowest BCUT2D eigenvalue weighted by atomic mass is 10.2. The van der Waals surface area contributed by atoms with E-state index < -0.39 is 0 Å². The molecule has 0 radical (unpaired) electrons. The second-order valence-corrected chi connectivity index (χ2v) is 11.3. The third-order valence-electron chi connectivity index (χ3n) is 7.84. The highest BCUT2D eigenvalue weighted by Crippen LogP contribution is 2.40. The molecule has 0 aliphatic rings. The highest BCUT2D eigenvalue weighted by molar-refractivity contribution is 5.80. The minimum Gasteiger partial charge on any atom is -0.279 e. The highest BCUT2D eigenvalue weighted by Gasteiger charge is 2.25. The van der Waals surface area contributed by atoms with Crippen molar-refractivity contribution in [3.63, 3.8) is 0 Å². The molecule has 0 aliphatic carbocycles. The Hall–Kier alpha value is -6.27. The van der Waals surface area contributed by atoms with Crippen LogP contribution < -0.4 is 14.7 Å². The number of hydrogen-bond donors (Lipinski definition) is 0. The third-order valence-corrected chi connectivity index (χ3v) is 7.84. The molecular formula is C41H34N6. The minimum absolute atomic E-state index is 0.489. The number of hydrogen-bond acceptors (Lipinski definition) is 6. The van der Waals surface area contributed by atoms with Gasteiger partial charge in [0.05, 0.1) is 0 Å². The van der Waals surface area contributed by atoms with E-state index in [0.29, 0.717) is 17.8 Å². The Bertz CT molecular complexity index is 1890. The Morgan fingerprint density at radius 2 is 0.489 bits per heavy atom. The monoisotopic (exact) mass is 610 g/mol. The van der Waals surface area contributed by atoms with Crippen LogP contribution in [0.15, 0.2) is 170 Å². The lowest BCUT2D eigenvalue weighted by Crippen LogP contribution is -2.22. The fourth-order valence-corrected chi connectivity index (χ4v) is 5.48. The van der Waals surface area contributed by atoms with Gasteiger partial charge in [-0.15, -0.1) is 0 Å². The van der Waals surface area contributed by atoms with Crippen molar-refractivity contribution in [3.05, 3.63) is 181 Å². The van der Waals surface area contributed by atoms with E-state index in [0.717, 1.165) is 34.1 Å². The van der Waals surface area contributed by atoms with Crippen molar-refractivity contribution in [3.8, 4) is 0 Å². The molecule has 1 heterocycles. The van der Waals surface area contributed by atoms with E-state index in [1.54, 1.807) is 0 Å². The Balaban J connectivity index is 1.53. The molecule has 0 aliphatic heterocycles. The molecule has 228 valence electrons. The molecule has 0 atom stereocenters. The predicted molar refractivity (Wildman–Crippen MR) is 193 cm³/mol. The first-order valence-corrected chi connectivity index (χ1v) is 15.6. The van der Waals surface area contributed by atoms with Gasteiger partial charge in [-0.05, 0) is 86.6 Å². The van der Waals surface area contributed by atoms with Crippen LogP contribution in [0.4, 0.5) is 52.0 Å². The third kappa shape index (κ3) is 6.44. The lowest BCUT2D eigenvalue weighted by Gasteiger charge is -2.29. The zero-order valence-corrected chi connectivity index (χ0v) is 26.3. The molecule has 0 saturated heterocycles. The Morgan fingerprint density at radius 1 is 0.277 bits per heavy atom. The summed E-state index contributed by atoms with van der Waals surface area (Å²) in [6.07, 6.45) is 0. The summed E-state index contributed by atoms with van der Waals surface area (Å²) in [4.78, 5) is 22.0. The maximum Gasteiger partial charge on any atom is 0.241 e. The smallest absolute Gasteiger partial charge is 0.241 e. The zero-order chi connectivity index (χ0) is 32.0. The van der Waals surface area contributed by atoms with Crippen LogP contribution in [-0.2, 0) is 0 Å². The van der Waals surface area contributed by atoms with Crippen molar-refractivity contribution in [2.24, 2.45) is 0 Å². The van der Waals surface area contributed by atoms with E-state index in [2.05, 4.69) is 126 Å². The molecule has 0 amide bonds. The maximum absolute atomic E-state index is 5.26. The summed E-state index contributed by atoms with van der Waals surface area (Å²) >= 11 is 0. The van der Waals surface area contributed by atoms with Crippen molar-refractivity contribution >= 4 is 52.0 Å². The van der Waals surface area contributed by atoms with Crippen LogP contribution in [0, 0.1) is 13.8 Å². The van der Waals surface area contributed by atoms with Gasteiger partial charge in [-0.3, -0.25) is 14.7 Å². The van der Waals surface area contributed by atoms with E-state index in [1.165, 1.54) is 11.1 Å². The minimum atomic E-state index is 0.489. The molecule has 7 aromatic rings. The van der Waals surface area contributed by atoms with Crippen LogP contribution >= 0.6 is 0 Å². The Morgan fingerprint density at radius 3 is 0.723 bits per heavy atom. The molecule has 0 fully saturated rings. The average molecular weight is 611 g/mol. The number of aryl methyl sites for hydroxylation is 2. The molecular weight excluding hydrogens is 576 g/mol. The van der Waals surface area contributed by atoms with Gasteiger partial charge in [-0.2, -0.15) is 15.0 Å². The van der Waals surface area contributed by atoms with Crippen molar-refractivity contribution in [2.45, 2.75) is 13.8 Å². The summed E-state index contributed by atoms with van der Waals surface area (Å²) in [5.41, 5.74) is 7.98. The van der Waals surface area contributed by atoms with E-state index in [-0.39, 0.29) is 0 Å². The second kappa shape index (κ2) is 13.4. The van der Waals surface area contributed by atoms with Crippen LogP contribution in [-0.4, -0.2) is 15.0 Å². The average Bonchev–Trinajstić information content (AvgIpc) is 3.12. The molecule has 6 nitrogen and oxygen atoms in total. The largest absolute Gasteiger partial charge is 0.279 e. The first-order chi connectivity index (χ1) is 23.1. The standard InChI is InChI=1S/C41H34N6/c1-31-23-27-37(28-24-31)46(35-19-11-5-12-20-35)40-42-39(45(33-15-7-3-8-16-33)34-17-9-4-10-18-34)43-41(44-40)47(36-21-13-6-14-22-36)38-29-25-32(2)26-30-38/h3-30H,1-2H3. The van der Waals surface area contributed by atoms with Crippen molar-refractivity contribution in [1.82, 2.24) is 15.0 Å². The molecule has 0 unspecified atom stereocenters. The van der Waals surface area contributed by atoms with Gasteiger partial charge in [0.15, 0.2) is 0 Å². The van der Waals surface area contributed by atoms with Crippen molar-refractivity contribution in [1.29, 1.82) is 0 Å². The molecule has 0 N–H and O–H groups in total. The van der Waals surface area contributed by atoms with Gasteiger partial charge in [-0.1, -0.05) is 108 Å². The van der Waals surface area contributed by atoms with E-state index in [4.69, 9.17) is 15.0 Å². The first-order valence-electron chi connectivity index (χ1n) is 15.6. The Kier molecular flexibility index (Phi) is 8.38. The van der Waals surface area contributed by atoms with Crippen LogP contribution in [0.3, 0.4) is 0 Å². The maximum atomic E-state index is 5.26. The fraction of sp³-hybridized carbons (Fsp3) is 0.0488. The van der Waals surface area contributed by atoms with Gasteiger partial charge in [0.2, 0.25) is 17.8 Å². The highest BCUT2D eigenvalue weighted by atomic mass is 15.4. The summed E-state index contributed by atoms with van der Waals surface area (Å²) in [6, 6.07) is 57.7. The predicted octanol–water partition coefficient (Wildman–Crippen LogP) is 10.9. The van der Waals surface area contributed by atoms with Gasteiger partial charge < -0.3 is 0 Å². The first kappa shape index (κ1) is 29.4. The van der Waals surface area contributed by atoms with Gasteiger partial charge in [0.1, 0.15) is 0 Å². The number of para-hydroxylation sites is 4. The van der Waals surface area contributed by atoms with Gasteiger partial charge in [0, 0.05) is 34.1 Å². The summed E-state index contributed by atoms with van der Waals surface area (Å²) in [5.74, 6) is 1.47. The van der Waals surface area contributed by atoms with Crippen molar-refractivity contribution in [2.75, 3.05) is 14.7 Å². The SMILES string of the molecule is Cc1ccc(N(c2ccccc2)c2nc(N(c3ccccc3)c3ccccc3)nc(N(c3ccccc3)c3ccc(C)cc3)n2)cc1. The second-order valence-electron chi connectivity index (χ2n) is 11.3. The molecule has 6 aromatic carbocycles. The number of nitrogens with zero attached hydrogens (tertiary/aromatic N) is 6. The van der Waals surface area contributed by atoms with E-state index in [1.807, 2.05) is 72.8 Å². The van der Waals surface area contributed by atoms with Crippen LogP contribution in [0.1, 0.15) is 11.1 Å². The van der Waals surface area contributed by atoms with E-state index >= 15 is 0 Å².